The van der Waals surface area contributed by atoms with Crippen molar-refractivity contribution in [3.63, 3.8) is 0 Å². The first-order valence-electron chi connectivity index (χ1n) is 6.05. The second kappa shape index (κ2) is 5.55. The predicted molar refractivity (Wildman–Crippen MR) is 69.5 cm³/mol. The summed E-state index contributed by atoms with van der Waals surface area (Å²) in [6, 6.07) is 6.47. The summed E-state index contributed by atoms with van der Waals surface area (Å²) < 4.78 is 0. The first-order chi connectivity index (χ1) is 9.06. The molecule has 0 bridgehead atoms. The molecule has 1 heterocycles. The molecule has 102 valence electrons. The number of nitrogens with zero attached hydrogens (tertiary/aromatic N) is 2. The molecule has 0 saturated carbocycles. The number of hydrogen-bond acceptors (Lipinski definition) is 4. The third-order valence-electron chi connectivity index (χ3n) is 3.23. The van der Waals surface area contributed by atoms with Crippen LogP contribution in [0.15, 0.2) is 24.3 Å². The van der Waals surface area contributed by atoms with Crippen molar-refractivity contribution in [3.05, 3.63) is 34.4 Å². The summed E-state index contributed by atoms with van der Waals surface area (Å²) in [7, 11) is 0. The minimum atomic E-state index is -1.01. The van der Waals surface area contributed by atoms with Crippen molar-refractivity contribution >= 4 is 17.5 Å². The average molecular weight is 265 g/mol. The van der Waals surface area contributed by atoms with Gasteiger partial charge in [-0.15, -0.1) is 0 Å². The molecule has 0 aromatic heterocycles. The van der Waals surface area contributed by atoms with E-state index in [4.69, 9.17) is 5.11 Å². The van der Waals surface area contributed by atoms with E-state index in [2.05, 4.69) is 5.32 Å². The zero-order chi connectivity index (χ0) is 13.8. The predicted octanol–water partition coefficient (Wildman–Crippen LogP) is 1.83. The molecule has 1 aromatic rings. The van der Waals surface area contributed by atoms with Crippen LogP contribution in [-0.2, 0) is 0 Å². The Morgan fingerprint density at radius 3 is 2.68 bits per heavy atom. The van der Waals surface area contributed by atoms with Gasteiger partial charge >= 0.3 is 6.09 Å². The van der Waals surface area contributed by atoms with E-state index in [1.54, 1.807) is 12.1 Å². The first kappa shape index (κ1) is 13.1. The monoisotopic (exact) mass is 265 g/mol. The van der Waals surface area contributed by atoms with Gasteiger partial charge in [0.25, 0.3) is 5.69 Å². The van der Waals surface area contributed by atoms with Gasteiger partial charge in [0.15, 0.2) is 0 Å². The van der Waals surface area contributed by atoms with Crippen molar-refractivity contribution < 1.29 is 14.8 Å². The number of non-ortho nitro benzene ring substituents is 1. The lowest BCUT2D eigenvalue weighted by molar-refractivity contribution is -0.384. The van der Waals surface area contributed by atoms with E-state index in [0.29, 0.717) is 25.9 Å². The highest BCUT2D eigenvalue weighted by molar-refractivity contribution is 5.65. The third kappa shape index (κ3) is 3.34. The van der Waals surface area contributed by atoms with Crippen LogP contribution >= 0.6 is 0 Å². The molecule has 1 saturated heterocycles. The standard InChI is InChI=1S/C12H15N3O4/c16-12(17)13-9-4-6-14(7-5-9)10-2-1-3-11(8-10)15(18)19/h1-3,8-9,13H,4-7H2,(H,16,17). The molecule has 7 heteroatoms. The summed E-state index contributed by atoms with van der Waals surface area (Å²) in [5.74, 6) is 0. The van der Waals surface area contributed by atoms with Crippen LogP contribution in [0, 0.1) is 10.1 Å². The SMILES string of the molecule is O=C(O)NC1CCN(c2cccc([N+](=O)[O-])c2)CC1. The lowest BCUT2D eigenvalue weighted by Gasteiger charge is -2.33. The number of piperidine rings is 1. The summed E-state index contributed by atoms with van der Waals surface area (Å²) in [6.45, 7) is 1.37. The fraction of sp³-hybridized carbons (Fsp3) is 0.417. The third-order valence-corrected chi connectivity index (χ3v) is 3.23. The average Bonchev–Trinajstić information content (AvgIpc) is 2.39. The fourth-order valence-electron chi connectivity index (χ4n) is 2.26. The zero-order valence-electron chi connectivity index (χ0n) is 10.3. The van der Waals surface area contributed by atoms with Crippen LogP contribution in [0.2, 0.25) is 0 Å². The van der Waals surface area contributed by atoms with Crippen LogP contribution < -0.4 is 10.2 Å². The van der Waals surface area contributed by atoms with Crippen molar-refractivity contribution in [2.45, 2.75) is 18.9 Å². The van der Waals surface area contributed by atoms with E-state index < -0.39 is 11.0 Å². The number of amides is 1. The molecule has 1 aromatic carbocycles. The van der Waals surface area contributed by atoms with E-state index >= 15 is 0 Å². The van der Waals surface area contributed by atoms with Crippen LogP contribution in [0.4, 0.5) is 16.2 Å². The number of carbonyl (C=O) groups is 1. The minimum Gasteiger partial charge on any atom is -0.465 e. The van der Waals surface area contributed by atoms with Gasteiger partial charge in [-0.1, -0.05) is 6.07 Å². The minimum absolute atomic E-state index is 0.0348. The maximum atomic E-state index is 10.7. The molecule has 0 aliphatic carbocycles. The van der Waals surface area contributed by atoms with Crippen LogP contribution in [0.3, 0.4) is 0 Å². The molecule has 1 fully saturated rings. The Balaban J connectivity index is 1.99. The summed E-state index contributed by atoms with van der Waals surface area (Å²) in [6.07, 6.45) is 0.401. The van der Waals surface area contributed by atoms with E-state index in [1.807, 2.05) is 11.0 Å². The topological polar surface area (TPSA) is 95.7 Å². The zero-order valence-corrected chi connectivity index (χ0v) is 10.3. The van der Waals surface area contributed by atoms with E-state index in [9.17, 15) is 14.9 Å². The van der Waals surface area contributed by atoms with Crippen molar-refractivity contribution in [1.82, 2.24) is 5.32 Å². The Bertz CT molecular complexity index is 484. The molecule has 2 rings (SSSR count). The van der Waals surface area contributed by atoms with Crippen molar-refractivity contribution in [1.29, 1.82) is 0 Å². The molecule has 0 atom stereocenters. The van der Waals surface area contributed by atoms with Gasteiger partial charge < -0.3 is 15.3 Å². The number of benzene rings is 1. The molecule has 2 N–H and O–H groups in total. The number of nitrogens with one attached hydrogen (secondary N) is 1. The number of nitro benzene ring substituents is 1. The molecule has 1 amide bonds. The number of rotatable bonds is 3. The van der Waals surface area contributed by atoms with Crippen molar-refractivity contribution in [3.8, 4) is 0 Å². The second-order valence-corrected chi connectivity index (χ2v) is 4.49. The van der Waals surface area contributed by atoms with E-state index in [1.165, 1.54) is 6.07 Å². The Morgan fingerprint density at radius 2 is 2.11 bits per heavy atom. The molecule has 0 spiro atoms. The molecule has 7 nitrogen and oxygen atoms in total. The molecule has 0 radical (unpaired) electrons. The Labute approximate surface area is 110 Å². The number of carboxylic acid groups (broad SMARTS) is 1. The highest BCUT2D eigenvalue weighted by Crippen LogP contribution is 2.24. The Morgan fingerprint density at radius 1 is 1.42 bits per heavy atom. The largest absolute Gasteiger partial charge is 0.465 e. The lowest BCUT2D eigenvalue weighted by Crippen LogP contribution is -2.44. The van der Waals surface area contributed by atoms with Crippen LogP contribution in [0.25, 0.3) is 0 Å². The van der Waals surface area contributed by atoms with Gasteiger partial charge in [-0.05, 0) is 18.9 Å². The molecule has 1 aliphatic rings. The number of hydrogen-bond donors (Lipinski definition) is 2. The normalized spacial score (nSPS) is 16.1. The smallest absolute Gasteiger partial charge is 0.404 e. The van der Waals surface area contributed by atoms with Gasteiger partial charge in [0.1, 0.15) is 0 Å². The number of nitro groups is 1. The lowest BCUT2D eigenvalue weighted by atomic mass is 10.0. The maximum absolute atomic E-state index is 10.7. The van der Waals surface area contributed by atoms with Gasteiger partial charge in [-0.25, -0.2) is 4.79 Å². The molecule has 19 heavy (non-hydrogen) atoms. The molecule has 1 aliphatic heterocycles. The highest BCUT2D eigenvalue weighted by Gasteiger charge is 2.21. The highest BCUT2D eigenvalue weighted by atomic mass is 16.6. The Kier molecular flexibility index (Phi) is 3.84. The summed E-state index contributed by atoms with van der Waals surface area (Å²) >= 11 is 0. The van der Waals surface area contributed by atoms with Gasteiger partial charge in [-0.3, -0.25) is 10.1 Å². The van der Waals surface area contributed by atoms with Crippen molar-refractivity contribution in [2.24, 2.45) is 0 Å². The van der Waals surface area contributed by atoms with E-state index in [-0.39, 0.29) is 11.7 Å². The Hall–Kier alpha value is -2.31. The maximum Gasteiger partial charge on any atom is 0.404 e. The van der Waals surface area contributed by atoms with Gasteiger partial charge in [0.2, 0.25) is 0 Å². The molecular formula is C12H15N3O4. The quantitative estimate of drug-likeness (QED) is 0.642. The van der Waals surface area contributed by atoms with Crippen LogP contribution in [0.5, 0.6) is 0 Å². The van der Waals surface area contributed by atoms with Crippen molar-refractivity contribution in [2.75, 3.05) is 18.0 Å². The van der Waals surface area contributed by atoms with Gasteiger partial charge in [0.05, 0.1) is 4.92 Å². The molecular weight excluding hydrogens is 250 g/mol. The number of anilines is 1. The summed E-state index contributed by atoms with van der Waals surface area (Å²) in [5.41, 5.74) is 0.881. The van der Waals surface area contributed by atoms with Crippen LogP contribution in [-0.4, -0.2) is 35.3 Å². The van der Waals surface area contributed by atoms with Crippen LogP contribution in [0.1, 0.15) is 12.8 Å². The summed E-state index contributed by atoms with van der Waals surface area (Å²) in [5, 5.41) is 21.8. The van der Waals surface area contributed by atoms with Gasteiger partial charge in [-0.2, -0.15) is 0 Å². The summed E-state index contributed by atoms with van der Waals surface area (Å²) in [4.78, 5) is 22.9. The van der Waals surface area contributed by atoms with Gasteiger partial charge in [0, 0.05) is 37.0 Å². The molecule has 0 unspecified atom stereocenters. The fourth-order valence-corrected chi connectivity index (χ4v) is 2.26. The first-order valence-corrected chi connectivity index (χ1v) is 6.05. The second-order valence-electron chi connectivity index (χ2n) is 4.49. The van der Waals surface area contributed by atoms with E-state index in [0.717, 1.165) is 5.69 Å².